The minimum Gasteiger partial charge on any atom is -0.465 e. The van der Waals surface area contributed by atoms with Gasteiger partial charge in [-0.2, -0.15) is 0 Å². The molecule has 0 radical (unpaired) electrons. The van der Waals surface area contributed by atoms with Crippen molar-refractivity contribution in [3.05, 3.63) is 36.5 Å². The van der Waals surface area contributed by atoms with Crippen LogP contribution in [0.1, 0.15) is 6.92 Å². The summed E-state index contributed by atoms with van der Waals surface area (Å²) in [7, 11) is -3.84. The molecule has 0 aliphatic heterocycles. The van der Waals surface area contributed by atoms with Crippen LogP contribution in [0.5, 0.6) is 0 Å². The molecule has 112 valence electrons. The maximum atomic E-state index is 11.8. The molecule has 0 spiro atoms. The van der Waals surface area contributed by atoms with Gasteiger partial charge in [0.05, 0.1) is 18.5 Å². The van der Waals surface area contributed by atoms with Crippen LogP contribution in [-0.4, -0.2) is 36.7 Å². The van der Waals surface area contributed by atoms with Gasteiger partial charge in [-0.15, -0.1) is 0 Å². The fraction of sp³-hybridized carbons (Fsp3) is 0.231. The zero-order chi connectivity index (χ0) is 15.3. The number of aromatic amines is 1. The number of esters is 1. The average Bonchev–Trinajstić information content (AvgIpc) is 2.87. The summed E-state index contributed by atoms with van der Waals surface area (Å²) in [4.78, 5) is 18.0. The summed E-state index contributed by atoms with van der Waals surface area (Å²) < 4.78 is 30.3. The number of sulfonamides is 1. The van der Waals surface area contributed by atoms with Crippen LogP contribution in [0.2, 0.25) is 0 Å². The Hall–Kier alpha value is -2.35. The van der Waals surface area contributed by atoms with Crippen LogP contribution in [0.3, 0.4) is 0 Å². The number of rotatable bonds is 6. The molecule has 0 atom stereocenters. The van der Waals surface area contributed by atoms with E-state index in [0.717, 1.165) is 5.56 Å². The predicted octanol–water partition coefficient (Wildman–Crippen LogP) is 1.38. The molecule has 0 unspecified atom stereocenters. The topological polar surface area (TPSA) is 101 Å². The van der Waals surface area contributed by atoms with Gasteiger partial charge in [0.25, 0.3) is 0 Å². The molecule has 0 aliphatic rings. The lowest BCUT2D eigenvalue weighted by Crippen LogP contribution is -2.24. The van der Waals surface area contributed by atoms with Crippen molar-refractivity contribution in [2.45, 2.75) is 6.92 Å². The number of hydrogen-bond acceptors (Lipinski definition) is 5. The normalized spacial score (nSPS) is 11.1. The highest BCUT2D eigenvalue weighted by Gasteiger charge is 2.18. The van der Waals surface area contributed by atoms with Gasteiger partial charge in [0.1, 0.15) is 0 Å². The highest BCUT2D eigenvalue weighted by molar-refractivity contribution is 7.93. The van der Waals surface area contributed by atoms with Gasteiger partial charge >= 0.3 is 5.97 Å². The maximum Gasteiger partial charge on any atom is 0.323 e. The van der Waals surface area contributed by atoms with E-state index in [0.29, 0.717) is 5.69 Å². The van der Waals surface area contributed by atoms with Crippen molar-refractivity contribution in [1.82, 2.24) is 9.97 Å². The molecule has 0 fully saturated rings. The second-order valence-corrected chi connectivity index (χ2v) is 5.90. The van der Waals surface area contributed by atoms with Gasteiger partial charge < -0.3 is 9.72 Å². The van der Waals surface area contributed by atoms with E-state index in [9.17, 15) is 13.2 Å². The van der Waals surface area contributed by atoms with Crippen molar-refractivity contribution >= 4 is 21.9 Å². The Morgan fingerprint density at radius 2 is 2.05 bits per heavy atom. The summed E-state index contributed by atoms with van der Waals surface area (Å²) in [5.41, 5.74) is 1.55. The number of benzene rings is 1. The smallest absolute Gasteiger partial charge is 0.323 e. The van der Waals surface area contributed by atoms with Crippen LogP contribution in [0.4, 0.5) is 5.95 Å². The molecular formula is C13H15N3O4S. The lowest BCUT2D eigenvalue weighted by Gasteiger charge is -2.04. The lowest BCUT2D eigenvalue weighted by atomic mass is 10.2. The fourth-order valence-electron chi connectivity index (χ4n) is 1.68. The van der Waals surface area contributed by atoms with Gasteiger partial charge in [-0.25, -0.2) is 13.4 Å². The summed E-state index contributed by atoms with van der Waals surface area (Å²) >= 11 is 0. The minimum atomic E-state index is -3.84. The molecule has 2 rings (SSSR count). The summed E-state index contributed by atoms with van der Waals surface area (Å²) in [6.07, 6.45) is 1.51. The third kappa shape index (κ3) is 4.32. The van der Waals surface area contributed by atoms with Gasteiger partial charge in [0.2, 0.25) is 16.0 Å². The van der Waals surface area contributed by atoms with Crippen LogP contribution in [0.25, 0.3) is 11.3 Å². The largest absolute Gasteiger partial charge is 0.465 e. The molecule has 0 amide bonds. The first-order chi connectivity index (χ1) is 10.00. The first kappa shape index (κ1) is 15.0. The van der Waals surface area contributed by atoms with Crippen molar-refractivity contribution in [2.24, 2.45) is 0 Å². The quantitative estimate of drug-likeness (QED) is 0.785. The third-order valence-electron chi connectivity index (χ3n) is 2.53. The zero-order valence-electron chi connectivity index (χ0n) is 11.4. The molecule has 8 heteroatoms. The van der Waals surface area contributed by atoms with Crippen molar-refractivity contribution in [3.63, 3.8) is 0 Å². The van der Waals surface area contributed by atoms with Crippen LogP contribution in [-0.2, 0) is 19.6 Å². The molecule has 1 aromatic heterocycles. The second kappa shape index (κ2) is 6.40. The monoisotopic (exact) mass is 309 g/mol. The molecule has 0 bridgehead atoms. The van der Waals surface area contributed by atoms with E-state index in [1.807, 2.05) is 30.3 Å². The predicted molar refractivity (Wildman–Crippen MR) is 78.1 cm³/mol. The number of H-pyrrole nitrogens is 1. The number of carbonyl (C=O) groups is 1. The molecule has 2 aromatic rings. The zero-order valence-corrected chi connectivity index (χ0v) is 12.2. The van der Waals surface area contributed by atoms with Gasteiger partial charge in [-0.3, -0.25) is 9.52 Å². The number of imidazole rings is 1. The number of ether oxygens (including phenoxy) is 1. The van der Waals surface area contributed by atoms with Crippen LogP contribution in [0, 0.1) is 0 Å². The SMILES string of the molecule is CCOC(=O)CS(=O)(=O)Nc1ncc(-c2ccccc2)[nH]1. The van der Waals surface area contributed by atoms with Gasteiger partial charge in [0, 0.05) is 0 Å². The third-order valence-corrected chi connectivity index (χ3v) is 3.65. The Labute approximate surface area is 122 Å². The fourth-order valence-corrected chi connectivity index (χ4v) is 2.54. The number of hydrogen-bond donors (Lipinski definition) is 2. The molecule has 0 aliphatic carbocycles. The Kier molecular flexibility index (Phi) is 4.59. The summed E-state index contributed by atoms with van der Waals surface area (Å²) in [6.45, 7) is 1.74. The van der Waals surface area contributed by atoms with E-state index >= 15 is 0 Å². The summed E-state index contributed by atoms with van der Waals surface area (Å²) in [5.74, 6) is -1.50. The molecule has 2 N–H and O–H groups in total. The summed E-state index contributed by atoms with van der Waals surface area (Å²) in [5, 5.41) is 0. The molecule has 21 heavy (non-hydrogen) atoms. The van der Waals surface area contributed by atoms with E-state index in [-0.39, 0.29) is 12.6 Å². The van der Waals surface area contributed by atoms with Crippen molar-refractivity contribution in [2.75, 3.05) is 17.1 Å². The maximum absolute atomic E-state index is 11.8. The van der Waals surface area contributed by atoms with E-state index in [1.54, 1.807) is 6.92 Å². The number of carbonyl (C=O) groups excluding carboxylic acids is 1. The molecule has 1 aromatic carbocycles. The number of nitrogens with one attached hydrogen (secondary N) is 2. The minimum absolute atomic E-state index is 0.0538. The highest BCUT2D eigenvalue weighted by atomic mass is 32.2. The first-order valence-corrected chi connectivity index (χ1v) is 7.92. The van der Waals surface area contributed by atoms with Crippen LogP contribution < -0.4 is 4.72 Å². The Bertz CT molecular complexity index is 710. The number of anilines is 1. The van der Waals surface area contributed by atoms with Crippen molar-refractivity contribution in [1.29, 1.82) is 0 Å². The molecule has 7 nitrogen and oxygen atoms in total. The van der Waals surface area contributed by atoms with E-state index in [1.165, 1.54) is 6.20 Å². The van der Waals surface area contributed by atoms with E-state index in [2.05, 4.69) is 19.4 Å². The molecule has 0 saturated heterocycles. The average molecular weight is 309 g/mol. The van der Waals surface area contributed by atoms with Gasteiger partial charge in [-0.05, 0) is 12.5 Å². The molecular weight excluding hydrogens is 294 g/mol. The second-order valence-electron chi connectivity index (χ2n) is 4.18. The Balaban J connectivity index is 2.07. The molecule has 0 saturated carbocycles. The number of nitrogens with zero attached hydrogens (tertiary/aromatic N) is 1. The van der Waals surface area contributed by atoms with Gasteiger partial charge in [0.15, 0.2) is 5.75 Å². The standard InChI is InChI=1S/C13H15N3O4S/c1-2-20-12(17)9-21(18,19)16-13-14-8-11(15-13)10-6-4-3-5-7-10/h3-8H,2,9H2,1H3,(H2,14,15,16). The van der Waals surface area contributed by atoms with Crippen LogP contribution in [0.15, 0.2) is 36.5 Å². The summed E-state index contributed by atoms with van der Waals surface area (Å²) in [6, 6.07) is 9.33. The highest BCUT2D eigenvalue weighted by Crippen LogP contribution is 2.18. The first-order valence-electron chi connectivity index (χ1n) is 6.26. The van der Waals surface area contributed by atoms with Crippen molar-refractivity contribution < 1.29 is 17.9 Å². The Morgan fingerprint density at radius 3 is 2.71 bits per heavy atom. The van der Waals surface area contributed by atoms with E-state index < -0.39 is 21.7 Å². The van der Waals surface area contributed by atoms with Crippen LogP contribution >= 0.6 is 0 Å². The Morgan fingerprint density at radius 1 is 1.33 bits per heavy atom. The number of aromatic nitrogens is 2. The van der Waals surface area contributed by atoms with Gasteiger partial charge in [-0.1, -0.05) is 30.3 Å². The van der Waals surface area contributed by atoms with E-state index in [4.69, 9.17) is 0 Å². The van der Waals surface area contributed by atoms with Crippen molar-refractivity contribution in [3.8, 4) is 11.3 Å². The molecule has 1 heterocycles. The lowest BCUT2D eigenvalue weighted by molar-refractivity contribution is -0.139.